The molecule has 1 unspecified atom stereocenters. The first kappa shape index (κ1) is 18.4. The van der Waals surface area contributed by atoms with Crippen LogP contribution in [0.2, 0.25) is 5.02 Å². The molecule has 0 spiro atoms. The zero-order valence-corrected chi connectivity index (χ0v) is 16.2. The van der Waals surface area contributed by atoms with Crippen molar-refractivity contribution >= 4 is 17.4 Å². The molecule has 3 aromatic rings. The molecule has 7 heteroatoms. The monoisotopic (exact) mass is 370 g/mol. The van der Waals surface area contributed by atoms with Crippen molar-refractivity contribution in [2.45, 2.75) is 19.9 Å². The van der Waals surface area contributed by atoms with Crippen LogP contribution in [0.15, 0.2) is 42.5 Å². The second kappa shape index (κ2) is 7.85. The van der Waals surface area contributed by atoms with Crippen LogP contribution in [0.25, 0.3) is 5.82 Å². The Bertz CT molecular complexity index is 855. The van der Waals surface area contributed by atoms with Crippen molar-refractivity contribution in [1.29, 1.82) is 0 Å². The van der Waals surface area contributed by atoms with Crippen LogP contribution < -0.4 is 5.32 Å². The van der Waals surface area contributed by atoms with Crippen molar-refractivity contribution in [2.75, 3.05) is 26.0 Å². The molecule has 0 aliphatic heterocycles. The summed E-state index contributed by atoms with van der Waals surface area (Å²) in [6.07, 6.45) is 0. The number of rotatable bonds is 6. The van der Waals surface area contributed by atoms with E-state index in [0.717, 1.165) is 22.2 Å². The largest absolute Gasteiger partial charge is 0.367 e. The molecule has 1 aromatic carbocycles. The molecule has 0 bridgehead atoms. The molecular formula is C19H23ClN6. The molecule has 6 nitrogen and oxygen atoms in total. The number of anilines is 1. The summed E-state index contributed by atoms with van der Waals surface area (Å²) in [4.78, 5) is 2.16. The molecule has 0 amide bonds. The van der Waals surface area contributed by atoms with E-state index in [1.54, 1.807) is 4.68 Å². The molecule has 0 fully saturated rings. The van der Waals surface area contributed by atoms with Gasteiger partial charge in [0.05, 0.1) is 11.7 Å². The fourth-order valence-electron chi connectivity index (χ4n) is 2.88. The average molecular weight is 371 g/mol. The van der Waals surface area contributed by atoms with Crippen molar-refractivity contribution < 1.29 is 0 Å². The highest BCUT2D eigenvalue weighted by Gasteiger charge is 2.14. The van der Waals surface area contributed by atoms with E-state index in [1.165, 1.54) is 5.56 Å². The Morgan fingerprint density at radius 1 is 1.08 bits per heavy atom. The molecular weight excluding hydrogens is 348 g/mol. The highest BCUT2D eigenvalue weighted by molar-refractivity contribution is 6.30. The van der Waals surface area contributed by atoms with Gasteiger partial charge in [-0.1, -0.05) is 23.7 Å². The number of hydrogen-bond acceptors (Lipinski definition) is 5. The van der Waals surface area contributed by atoms with E-state index in [4.69, 9.17) is 11.6 Å². The quantitative estimate of drug-likeness (QED) is 0.717. The molecule has 0 aliphatic carbocycles. The first-order chi connectivity index (χ1) is 12.4. The Morgan fingerprint density at radius 2 is 1.81 bits per heavy atom. The summed E-state index contributed by atoms with van der Waals surface area (Å²) < 4.78 is 1.79. The molecule has 136 valence electrons. The van der Waals surface area contributed by atoms with Crippen LogP contribution in [0.5, 0.6) is 0 Å². The van der Waals surface area contributed by atoms with Gasteiger partial charge in [0.15, 0.2) is 5.82 Å². The number of likely N-dealkylation sites (N-methyl/N-ethyl adjacent to an activating group) is 1. The van der Waals surface area contributed by atoms with Crippen molar-refractivity contribution in [3.63, 3.8) is 0 Å². The van der Waals surface area contributed by atoms with E-state index in [2.05, 4.69) is 39.6 Å². The molecule has 1 atom stereocenters. The fraction of sp³-hybridized carbons (Fsp3) is 0.316. The number of nitrogens with one attached hydrogen (secondary N) is 1. The molecule has 3 rings (SSSR count). The van der Waals surface area contributed by atoms with Gasteiger partial charge in [0.25, 0.3) is 0 Å². The summed E-state index contributed by atoms with van der Waals surface area (Å²) in [6, 6.07) is 14.0. The minimum Gasteiger partial charge on any atom is -0.367 e. The van der Waals surface area contributed by atoms with Crippen LogP contribution in [0.3, 0.4) is 0 Å². The van der Waals surface area contributed by atoms with Gasteiger partial charge in [-0.15, -0.1) is 10.2 Å². The van der Waals surface area contributed by atoms with Crippen molar-refractivity contribution in [3.8, 4) is 5.82 Å². The topological polar surface area (TPSA) is 58.9 Å². The fourth-order valence-corrected chi connectivity index (χ4v) is 3.00. The SMILES string of the molecule is Cc1cc(C)n(-c2ccc(NCC(c3ccc(Cl)cc3)N(C)C)nn2)n1. The molecule has 0 aliphatic rings. The molecule has 26 heavy (non-hydrogen) atoms. The summed E-state index contributed by atoms with van der Waals surface area (Å²) in [6.45, 7) is 4.68. The zero-order chi connectivity index (χ0) is 18.7. The highest BCUT2D eigenvalue weighted by atomic mass is 35.5. The van der Waals surface area contributed by atoms with Crippen molar-refractivity contribution in [3.05, 3.63) is 64.4 Å². The van der Waals surface area contributed by atoms with Gasteiger partial charge < -0.3 is 10.2 Å². The smallest absolute Gasteiger partial charge is 0.176 e. The highest BCUT2D eigenvalue weighted by Crippen LogP contribution is 2.21. The van der Waals surface area contributed by atoms with Gasteiger partial charge in [0.1, 0.15) is 5.82 Å². The second-order valence-electron chi connectivity index (χ2n) is 6.53. The Kier molecular flexibility index (Phi) is 5.54. The van der Waals surface area contributed by atoms with E-state index >= 15 is 0 Å². The molecule has 1 N–H and O–H groups in total. The van der Waals surface area contributed by atoms with Crippen molar-refractivity contribution in [2.24, 2.45) is 0 Å². The summed E-state index contributed by atoms with van der Waals surface area (Å²) in [7, 11) is 4.11. The van der Waals surface area contributed by atoms with E-state index in [0.29, 0.717) is 12.4 Å². The van der Waals surface area contributed by atoms with Crippen LogP contribution in [0.4, 0.5) is 5.82 Å². The van der Waals surface area contributed by atoms with E-state index in [1.807, 2.05) is 56.3 Å². The van der Waals surface area contributed by atoms with Gasteiger partial charge in [0.2, 0.25) is 0 Å². The van der Waals surface area contributed by atoms with Gasteiger partial charge in [0, 0.05) is 17.3 Å². The summed E-state index contributed by atoms with van der Waals surface area (Å²) >= 11 is 5.99. The third-order valence-corrected chi connectivity index (χ3v) is 4.48. The number of hydrogen-bond donors (Lipinski definition) is 1. The molecule has 2 aromatic heterocycles. The van der Waals surface area contributed by atoms with Gasteiger partial charge in [-0.2, -0.15) is 5.10 Å². The average Bonchev–Trinajstić information content (AvgIpc) is 2.95. The normalized spacial score (nSPS) is 12.4. The lowest BCUT2D eigenvalue weighted by Crippen LogP contribution is -2.27. The molecule has 2 heterocycles. The summed E-state index contributed by atoms with van der Waals surface area (Å²) in [5.41, 5.74) is 3.19. The van der Waals surface area contributed by atoms with Gasteiger partial charge in [-0.3, -0.25) is 0 Å². The number of aryl methyl sites for hydroxylation is 2. The van der Waals surface area contributed by atoms with Crippen LogP contribution in [-0.2, 0) is 0 Å². The van der Waals surface area contributed by atoms with Crippen LogP contribution in [0, 0.1) is 13.8 Å². The predicted molar refractivity (Wildman–Crippen MR) is 105 cm³/mol. The lowest BCUT2D eigenvalue weighted by Gasteiger charge is -2.25. The van der Waals surface area contributed by atoms with Crippen molar-refractivity contribution in [1.82, 2.24) is 24.9 Å². The van der Waals surface area contributed by atoms with E-state index < -0.39 is 0 Å². The van der Waals surface area contributed by atoms with Gasteiger partial charge >= 0.3 is 0 Å². The maximum absolute atomic E-state index is 5.99. The number of aromatic nitrogens is 4. The zero-order valence-electron chi connectivity index (χ0n) is 15.4. The van der Waals surface area contributed by atoms with E-state index in [-0.39, 0.29) is 6.04 Å². The predicted octanol–water partition coefficient (Wildman–Crippen LogP) is 3.65. The molecule has 0 saturated carbocycles. The van der Waals surface area contributed by atoms with Gasteiger partial charge in [-0.05, 0) is 63.8 Å². The lowest BCUT2D eigenvalue weighted by molar-refractivity contribution is 0.311. The maximum Gasteiger partial charge on any atom is 0.176 e. The molecule has 0 saturated heterocycles. The van der Waals surface area contributed by atoms with Crippen LogP contribution in [0.1, 0.15) is 23.0 Å². The maximum atomic E-state index is 5.99. The Morgan fingerprint density at radius 3 is 2.35 bits per heavy atom. The van der Waals surface area contributed by atoms with E-state index in [9.17, 15) is 0 Å². The molecule has 0 radical (unpaired) electrons. The lowest BCUT2D eigenvalue weighted by atomic mass is 10.1. The minimum absolute atomic E-state index is 0.199. The third-order valence-electron chi connectivity index (χ3n) is 4.23. The van der Waals surface area contributed by atoms with Crippen LogP contribution in [-0.4, -0.2) is 45.5 Å². The second-order valence-corrected chi connectivity index (χ2v) is 6.96. The Labute approximate surface area is 158 Å². The standard InChI is InChI=1S/C19H23ClN6/c1-13-11-14(2)26(24-13)19-10-9-18(22-23-19)21-12-17(25(3)4)15-5-7-16(20)8-6-15/h5-11,17H,12H2,1-4H3,(H,21,22). The number of nitrogens with zero attached hydrogens (tertiary/aromatic N) is 5. The Hall–Kier alpha value is -2.44. The first-order valence-electron chi connectivity index (χ1n) is 8.47. The number of halogens is 1. The third kappa shape index (κ3) is 4.20. The minimum atomic E-state index is 0.199. The first-order valence-corrected chi connectivity index (χ1v) is 8.85. The van der Waals surface area contributed by atoms with Gasteiger partial charge in [-0.25, -0.2) is 4.68 Å². The summed E-state index contributed by atoms with van der Waals surface area (Å²) in [5.74, 6) is 1.44. The number of benzene rings is 1. The Balaban J connectivity index is 1.70. The summed E-state index contributed by atoms with van der Waals surface area (Å²) in [5, 5.41) is 17.1. The van der Waals surface area contributed by atoms with Crippen LogP contribution >= 0.6 is 11.6 Å².